The van der Waals surface area contributed by atoms with Crippen LogP contribution in [0, 0.1) is 0 Å². The van der Waals surface area contributed by atoms with Crippen molar-refractivity contribution in [2.24, 2.45) is 5.14 Å². The molecular formula is C17H18N4O3S3. The molecule has 0 bridgehead atoms. The van der Waals surface area contributed by atoms with Crippen LogP contribution in [0.1, 0.15) is 18.1 Å². The molecule has 10 heteroatoms. The van der Waals surface area contributed by atoms with Crippen LogP contribution in [-0.4, -0.2) is 39.9 Å². The molecule has 1 aliphatic heterocycles. The largest absolute Gasteiger partial charge is 0.293 e. The predicted molar refractivity (Wildman–Crippen MR) is 109 cm³/mol. The van der Waals surface area contributed by atoms with Gasteiger partial charge < -0.3 is 0 Å². The molecule has 3 rings (SSSR count). The number of carbonyl (C=O) groups excluding carboxylic acids is 1. The topological polar surface area (TPSA) is 98.3 Å². The number of benzene rings is 1. The van der Waals surface area contributed by atoms with E-state index in [9.17, 15) is 13.2 Å². The van der Waals surface area contributed by atoms with Crippen molar-refractivity contribution < 1.29 is 13.2 Å². The standard InChI is InChI=1S/C17H18N4O3S3/c1-2-20-11-13(10-19-20)9-15-16(22)21(17(25)26-15)8-7-12-3-5-14(6-4-12)27(18,23)24/h3-6,9-11H,2,7-8H2,1H3,(H2,18,23,24)/b15-9+. The molecule has 1 aromatic carbocycles. The summed E-state index contributed by atoms with van der Waals surface area (Å²) >= 11 is 6.60. The van der Waals surface area contributed by atoms with Gasteiger partial charge in [0.25, 0.3) is 5.91 Å². The van der Waals surface area contributed by atoms with Gasteiger partial charge in [0, 0.05) is 24.8 Å². The lowest BCUT2D eigenvalue weighted by molar-refractivity contribution is -0.122. The van der Waals surface area contributed by atoms with Crippen LogP contribution < -0.4 is 5.14 Å². The van der Waals surface area contributed by atoms with Gasteiger partial charge in [0.2, 0.25) is 10.0 Å². The second-order valence-electron chi connectivity index (χ2n) is 5.90. The van der Waals surface area contributed by atoms with E-state index in [0.717, 1.165) is 17.7 Å². The van der Waals surface area contributed by atoms with Crippen molar-refractivity contribution in [2.75, 3.05) is 6.54 Å². The number of nitrogens with two attached hydrogens (primary N) is 1. The van der Waals surface area contributed by atoms with E-state index in [-0.39, 0.29) is 10.8 Å². The van der Waals surface area contributed by atoms with Gasteiger partial charge in [-0.3, -0.25) is 14.4 Å². The van der Waals surface area contributed by atoms with E-state index in [1.54, 1.807) is 34.0 Å². The van der Waals surface area contributed by atoms with Crippen molar-refractivity contribution in [3.63, 3.8) is 0 Å². The molecule has 2 heterocycles. The summed E-state index contributed by atoms with van der Waals surface area (Å²) in [5.74, 6) is -0.129. The van der Waals surface area contributed by atoms with Gasteiger partial charge >= 0.3 is 0 Å². The third-order valence-electron chi connectivity index (χ3n) is 4.02. The molecule has 1 saturated heterocycles. The molecule has 0 aliphatic carbocycles. The van der Waals surface area contributed by atoms with Crippen LogP contribution in [0.5, 0.6) is 0 Å². The zero-order chi connectivity index (χ0) is 19.6. The molecule has 2 N–H and O–H groups in total. The predicted octanol–water partition coefficient (Wildman–Crippen LogP) is 1.99. The summed E-state index contributed by atoms with van der Waals surface area (Å²) in [6, 6.07) is 6.29. The molecule has 1 amide bonds. The van der Waals surface area contributed by atoms with E-state index in [4.69, 9.17) is 17.4 Å². The third-order valence-corrected chi connectivity index (χ3v) is 6.33. The lowest BCUT2D eigenvalue weighted by Crippen LogP contribution is -2.30. The highest BCUT2D eigenvalue weighted by atomic mass is 32.2. The number of hydrogen-bond acceptors (Lipinski definition) is 6. The SMILES string of the molecule is CCn1cc(/C=C2/SC(=S)N(CCc3ccc(S(N)(=O)=O)cc3)C2=O)cn1. The fourth-order valence-corrected chi connectivity index (χ4v) is 4.38. The summed E-state index contributed by atoms with van der Waals surface area (Å²) in [4.78, 5) is 14.8. The first kappa shape index (κ1) is 19.7. The number of thioether (sulfide) groups is 1. The summed E-state index contributed by atoms with van der Waals surface area (Å²) in [5.41, 5.74) is 1.75. The van der Waals surface area contributed by atoms with Crippen molar-refractivity contribution in [3.8, 4) is 0 Å². The van der Waals surface area contributed by atoms with Crippen molar-refractivity contribution in [3.05, 3.63) is 52.7 Å². The van der Waals surface area contributed by atoms with E-state index in [0.29, 0.717) is 22.2 Å². The summed E-state index contributed by atoms with van der Waals surface area (Å²) in [6.07, 6.45) is 5.93. The Morgan fingerprint density at radius 1 is 1.30 bits per heavy atom. The molecule has 0 atom stereocenters. The molecule has 2 aromatic rings. The van der Waals surface area contributed by atoms with Gasteiger partial charge in [-0.2, -0.15) is 5.10 Å². The molecular weight excluding hydrogens is 404 g/mol. The van der Waals surface area contributed by atoms with Crippen LogP contribution in [0.15, 0.2) is 46.5 Å². The number of thiocarbonyl (C=S) groups is 1. The second kappa shape index (κ2) is 7.93. The molecule has 142 valence electrons. The van der Waals surface area contributed by atoms with Gasteiger partial charge in [0.1, 0.15) is 4.32 Å². The first-order chi connectivity index (χ1) is 12.8. The van der Waals surface area contributed by atoms with Gasteiger partial charge in [-0.15, -0.1) is 0 Å². The van der Waals surface area contributed by atoms with Crippen molar-refractivity contribution in [1.82, 2.24) is 14.7 Å². The zero-order valence-electron chi connectivity index (χ0n) is 14.5. The summed E-state index contributed by atoms with van der Waals surface area (Å²) in [6.45, 7) is 3.18. The first-order valence-corrected chi connectivity index (χ1v) is 10.9. The molecule has 1 aromatic heterocycles. The minimum absolute atomic E-state index is 0.0624. The Morgan fingerprint density at radius 3 is 2.59 bits per heavy atom. The zero-order valence-corrected chi connectivity index (χ0v) is 17.0. The monoisotopic (exact) mass is 422 g/mol. The van der Waals surface area contributed by atoms with Crippen molar-refractivity contribution in [1.29, 1.82) is 0 Å². The minimum atomic E-state index is -3.71. The molecule has 0 unspecified atom stereocenters. The number of carbonyl (C=O) groups is 1. The lowest BCUT2D eigenvalue weighted by Gasteiger charge is -2.14. The number of aryl methyl sites for hydroxylation is 1. The molecule has 7 nitrogen and oxygen atoms in total. The van der Waals surface area contributed by atoms with E-state index in [1.807, 2.05) is 13.1 Å². The molecule has 1 aliphatic rings. The van der Waals surface area contributed by atoms with Crippen LogP contribution in [-0.2, 0) is 27.8 Å². The Kier molecular flexibility index (Phi) is 5.80. The highest BCUT2D eigenvalue weighted by Crippen LogP contribution is 2.32. The Bertz CT molecular complexity index is 1010. The Balaban J connectivity index is 1.67. The minimum Gasteiger partial charge on any atom is -0.293 e. The van der Waals surface area contributed by atoms with Crippen LogP contribution in [0.4, 0.5) is 0 Å². The fraction of sp³-hybridized carbons (Fsp3) is 0.235. The van der Waals surface area contributed by atoms with Crippen molar-refractivity contribution >= 4 is 50.3 Å². The summed E-state index contributed by atoms with van der Waals surface area (Å²) in [7, 11) is -3.71. The molecule has 0 spiro atoms. The van der Waals surface area contributed by atoms with Crippen LogP contribution in [0.3, 0.4) is 0 Å². The number of nitrogens with zero attached hydrogens (tertiary/aromatic N) is 3. The number of amides is 1. The number of rotatable bonds is 6. The maximum absolute atomic E-state index is 12.6. The average Bonchev–Trinajstić information content (AvgIpc) is 3.18. The van der Waals surface area contributed by atoms with Gasteiger partial charge in [-0.05, 0) is 37.1 Å². The first-order valence-electron chi connectivity index (χ1n) is 8.17. The van der Waals surface area contributed by atoms with Crippen molar-refractivity contribution in [2.45, 2.75) is 24.8 Å². The van der Waals surface area contributed by atoms with E-state index in [1.165, 1.54) is 23.9 Å². The smallest absolute Gasteiger partial charge is 0.266 e. The normalized spacial score (nSPS) is 16.5. The Morgan fingerprint density at radius 2 is 2.00 bits per heavy atom. The maximum Gasteiger partial charge on any atom is 0.266 e. The van der Waals surface area contributed by atoms with Gasteiger partial charge in [-0.25, -0.2) is 13.6 Å². The van der Waals surface area contributed by atoms with Gasteiger partial charge in [0.15, 0.2) is 0 Å². The highest BCUT2D eigenvalue weighted by molar-refractivity contribution is 8.26. The Hall–Kier alpha value is -2.01. The molecule has 27 heavy (non-hydrogen) atoms. The summed E-state index contributed by atoms with van der Waals surface area (Å²) < 4.78 is 24.9. The number of sulfonamides is 1. The Labute approximate surface area is 167 Å². The quantitative estimate of drug-likeness (QED) is 0.565. The van der Waals surface area contributed by atoms with Gasteiger partial charge in [-0.1, -0.05) is 36.1 Å². The van der Waals surface area contributed by atoms with E-state index < -0.39 is 10.0 Å². The average molecular weight is 423 g/mol. The van der Waals surface area contributed by atoms with Crippen LogP contribution in [0.25, 0.3) is 6.08 Å². The molecule has 1 fully saturated rings. The van der Waals surface area contributed by atoms with E-state index >= 15 is 0 Å². The maximum atomic E-state index is 12.6. The lowest BCUT2D eigenvalue weighted by atomic mass is 10.1. The highest BCUT2D eigenvalue weighted by Gasteiger charge is 2.31. The van der Waals surface area contributed by atoms with E-state index in [2.05, 4.69) is 5.10 Å². The summed E-state index contributed by atoms with van der Waals surface area (Å²) in [5, 5.41) is 9.29. The molecule has 0 saturated carbocycles. The molecule has 0 radical (unpaired) electrons. The van der Waals surface area contributed by atoms with Crippen LogP contribution >= 0.6 is 24.0 Å². The van der Waals surface area contributed by atoms with Crippen LogP contribution in [0.2, 0.25) is 0 Å². The van der Waals surface area contributed by atoms with Gasteiger partial charge in [0.05, 0.1) is 16.0 Å². The number of hydrogen-bond donors (Lipinski definition) is 1. The fourth-order valence-electron chi connectivity index (χ4n) is 2.56. The number of primary sulfonamides is 1. The second-order valence-corrected chi connectivity index (χ2v) is 9.14. The third kappa shape index (κ3) is 4.64. The number of aromatic nitrogens is 2.